The molecule has 0 atom stereocenters. The number of benzene rings is 2. The van der Waals surface area contributed by atoms with E-state index in [0.29, 0.717) is 18.5 Å². The van der Waals surface area contributed by atoms with Crippen molar-refractivity contribution in [1.82, 2.24) is 10.6 Å². The van der Waals surface area contributed by atoms with Crippen LogP contribution in [0, 0.1) is 0 Å². The van der Waals surface area contributed by atoms with Gasteiger partial charge in [-0.05, 0) is 23.3 Å². The van der Waals surface area contributed by atoms with E-state index in [0.717, 1.165) is 11.1 Å². The normalized spacial score (nSPS) is 18.7. The summed E-state index contributed by atoms with van der Waals surface area (Å²) in [6, 6.07) is 19.4. The van der Waals surface area contributed by atoms with E-state index < -0.39 is 0 Å². The number of hydrogen-bond acceptors (Lipinski definition) is 6. The summed E-state index contributed by atoms with van der Waals surface area (Å²) in [6.07, 6.45) is 3.67. The average Bonchev–Trinajstić information content (AvgIpc) is 3.17. The van der Waals surface area contributed by atoms with E-state index in [1.54, 1.807) is 0 Å². The van der Waals surface area contributed by atoms with E-state index in [1.807, 2.05) is 72.8 Å². The number of nitrogens with one attached hydrogen (secondary N) is 2. The predicted octanol–water partition coefficient (Wildman–Crippen LogP) is 4.35. The van der Waals surface area contributed by atoms with E-state index in [-0.39, 0.29) is 11.8 Å². The lowest BCUT2D eigenvalue weighted by atomic mass is 10.2. The molecule has 0 aromatic heterocycles. The fourth-order valence-corrected chi connectivity index (χ4v) is 4.33. The lowest BCUT2D eigenvalue weighted by molar-refractivity contribution is -0.116. The fourth-order valence-electron chi connectivity index (χ4n) is 2.24. The minimum absolute atomic E-state index is 0.108. The van der Waals surface area contributed by atoms with Gasteiger partial charge in [0, 0.05) is 0 Å². The molecule has 0 saturated carbocycles. The van der Waals surface area contributed by atoms with Gasteiger partial charge in [-0.2, -0.15) is 0 Å². The maximum Gasteiger partial charge on any atom is 0.263 e. The summed E-state index contributed by atoms with van der Waals surface area (Å²) in [5.41, 5.74) is 2.02. The van der Waals surface area contributed by atoms with Crippen LogP contribution >= 0.6 is 48.0 Å². The molecule has 0 spiro atoms. The summed E-state index contributed by atoms with van der Waals surface area (Å²) in [6.45, 7) is 0. The Labute approximate surface area is 181 Å². The van der Waals surface area contributed by atoms with Crippen molar-refractivity contribution < 1.29 is 9.59 Å². The van der Waals surface area contributed by atoms with Gasteiger partial charge in [0.15, 0.2) is 0 Å². The summed E-state index contributed by atoms with van der Waals surface area (Å²) in [5, 5.41) is 5.15. The Balaban J connectivity index is 0.000000161. The summed E-state index contributed by atoms with van der Waals surface area (Å²) in [7, 11) is 0. The van der Waals surface area contributed by atoms with Crippen molar-refractivity contribution >= 4 is 80.6 Å². The summed E-state index contributed by atoms with van der Waals surface area (Å²) in [4.78, 5) is 23.9. The van der Waals surface area contributed by atoms with Crippen molar-refractivity contribution in [3.63, 3.8) is 0 Å². The molecule has 2 amide bonds. The van der Waals surface area contributed by atoms with Gasteiger partial charge in [-0.15, -0.1) is 0 Å². The minimum Gasteiger partial charge on any atom is -0.307 e. The number of amides is 2. The van der Waals surface area contributed by atoms with Crippen molar-refractivity contribution in [3.05, 3.63) is 81.6 Å². The second-order valence-electron chi connectivity index (χ2n) is 5.53. The first-order valence-corrected chi connectivity index (χ1v) is 10.6. The molecule has 2 saturated heterocycles. The highest BCUT2D eigenvalue weighted by atomic mass is 32.2. The smallest absolute Gasteiger partial charge is 0.263 e. The standard InChI is InChI=1S/2C10H7NOS2/c2*12-9-8(14-10(13)11-9)6-7-4-2-1-3-5-7/h2*1-6H,(H,11,12,13)/b2*8-6-. The molecule has 2 aliphatic heterocycles. The number of carbonyl (C=O) groups excluding carboxylic acids is 2. The van der Waals surface area contributed by atoms with Gasteiger partial charge in [-0.3, -0.25) is 9.59 Å². The Hall–Kier alpha value is -2.26. The highest BCUT2D eigenvalue weighted by Crippen LogP contribution is 2.26. The van der Waals surface area contributed by atoms with E-state index >= 15 is 0 Å². The quantitative estimate of drug-likeness (QED) is 0.533. The van der Waals surface area contributed by atoms with E-state index in [1.165, 1.54) is 23.5 Å². The summed E-state index contributed by atoms with van der Waals surface area (Å²) < 4.78 is 1.05. The molecule has 8 heteroatoms. The molecule has 4 nitrogen and oxygen atoms in total. The van der Waals surface area contributed by atoms with E-state index in [2.05, 4.69) is 10.6 Å². The first-order valence-electron chi connectivity index (χ1n) is 8.11. The molecule has 0 radical (unpaired) electrons. The number of rotatable bonds is 2. The van der Waals surface area contributed by atoms with Gasteiger partial charge in [0.25, 0.3) is 11.8 Å². The SMILES string of the molecule is O=C1NC(=S)S/C1=C\c1ccccc1.O=C1NC(=S)S/C1=C\c1ccccc1. The van der Waals surface area contributed by atoms with Crippen LogP contribution in [0.2, 0.25) is 0 Å². The van der Waals surface area contributed by atoms with Crippen LogP contribution in [0.1, 0.15) is 11.1 Å². The number of carbonyl (C=O) groups is 2. The Kier molecular flexibility index (Phi) is 7.16. The molecule has 2 fully saturated rings. The lowest BCUT2D eigenvalue weighted by Gasteiger charge is -1.92. The Morgan fingerprint density at radius 2 is 1.00 bits per heavy atom. The third-order valence-electron chi connectivity index (χ3n) is 3.48. The van der Waals surface area contributed by atoms with Gasteiger partial charge in [0.05, 0.1) is 9.81 Å². The van der Waals surface area contributed by atoms with Crippen molar-refractivity contribution in [1.29, 1.82) is 0 Å². The Morgan fingerprint density at radius 3 is 1.29 bits per heavy atom. The van der Waals surface area contributed by atoms with Crippen molar-refractivity contribution in [2.45, 2.75) is 0 Å². The van der Waals surface area contributed by atoms with E-state index in [4.69, 9.17) is 24.4 Å². The van der Waals surface area contributed by atoms with Gasteiger partial charge in [-0.25, -0.2) is 0 Å². The largest absolute Gasteiger partial charge is 0.307 e. The Bertz CT molecular complexity index is 904. The third-order valence-corrected chi connectivity index (χ3v) is 5.80. The molecule has 2 aromatic rings. The predicted molar refractivity (Wildman–Crippen MR) is 126 cm³/mol. The summed E-state index contributed by atoms with van der Waals surface area (Å²) >= 11 is 12.4. The molecule has 140 valence electrons. The molecule has 2 aliphatic rings. The molecule has 2 aromatic carbocycles. The number of thioether (sulfide) groups is 2. The first-order chi connectivity index (χ1) is 13.5. The second kappa shape index (κ2) is 9.79. The van der Waals surface area contributed by atoms with Crippen LogP contribution in [0.3, 0.4) is 0 Å². The zero-order valence-corrected chi connectivity index (χ0v) is 17.6. The minimum atomic E-state index is -0.108. The highest BCUT2D eigenvalue weighted by Gasteiger charge is 2.22. The molecule has 0 aliphatic carbocycles. The maximum absolute atomic E-state index is 11.3. The monoisotopic (exact) mass is 442 g/mol. The van der Waals surface area contributed by atoms with Gasteiger partial charge in [0.1, 0.15) is 8.64 Å². The molecule has 2 N–H and O–H groups in total. The van der Waals surface area contributed by atoms with Crippen LogP contribution in [0.15, 0.2) is 70.5 Å². The molecular formula is C20H14N2O2S4. The molecule has 0 unspecified atom stereocenters. The van der Waals surface area contributed by atoms with Gasteiger partial charge in [0.2, 0.25) is 0 Å². The highest BCUT2D eigenvalue weighted by molar-refractivity contribution is 8.27. The van der Waals surface area contributed by atoms with Crippen LogP contribution < -0.4 is 10.6 Å². The van der Waals surface area contributed by atoms with Crippen LogP contribution in [-0.4, -0.2) is 20.5 Å². The third kappa shape index (κ3) is 5.87. The van der Waals surface area contributed by atoms with Gasteiger partial charge < -0.3 is 10.6 Å². The van der Waals surface area contributed by atoms with Crippen LogP contribution in [0.5, 0.6) is 0 Å². The number of hydrogen-bond donors (Lipinski definition) is 2. The number of thiocarbonyl (C=S) groups is 2. The van der Waals surface area contributed by atoms with Crippen LogP contribution in [0.4, 0.5) is 0 Å². The Morgan fingerprint density at radius 1 is 0.643 bits per heavy atom. The zero-order valence-electron chi connectivity index (χ0n) is 14.4. The second-order valence-corrected chi connectivity index (χ2v) is 8.96. The zero-order chi connectivity index (χ0) is 19.9. The van der Waals surface area contributed by atoms with Gasteiger partial charge >= 0.3 is 0 Å². The molecule has 28 heavy (non-hydrogen) atoms. The van der Waals surface area contributed by atoms with Crippen molar-refractivity contribution in [2.75, 3.05) is 0 Å². The first kappa shape index (κ1) is 20.5. The van der Waals surface area contributed by atoms with Crippen molar-refractivity contribution in [3.8, 4) is 0 Å². The molecular weight excluding hydrogens is 429 g/mol. The van der Waals surface area contributed by atoms with Crippen molar-refractivity contribution in [2.24, 2.45) is 0 Å². The molecule has 2 heterocycles. The average molecular weight is 443 g/mol. The lowest BCUT2D eigenvalue weighted by Crippen LogP contribution is -2.17. The van der Waals surface area contributed by atoms with Crippen LogP contribution in [0.25, 0.3) is 12.2 Å². The summed E-state index contributed by atoms with van der Waals surface area (Å²) in [5.74, 6) is -0.215. The van der Waals surface area contributed by atoms with Crippen LogP contribution in [-0.2, 0) is 9.59 Å². The molecule has 4 rings (SSSR count). The molecule has 0 bridgehead atoms. The topological polar surface area (TPSA) is 58.2 Å². The maximum atomic E-state index is 11.3. The van der Waals surface area contributed by atoms with E-state index in [9.17, 15) is 9.59 Å². The van der Waals surface area contributed by atoms with Gasteiger partial charge in [-0.1, -0.05) is 109 Å². The fraction of sp³-hybridized carbons (Fsp3) is 0.